The van der Waals surface area contributed by atoms with Crippen molar-refractivity contribution in [3.8, 4) is 0 Å². The van der Waals surface area contributed by atoms with E-state index in [1.165, 1.54) is 90.3 Å². The summed E-state index contributed by atoms with van der Waals surface area (Å²) >= 11 is 0. The molecule has 1 heteroatoms. The lowest BCUT2D eigenvalue weighted by Gasteiger charge is -2.42. The van der Waals surface area contributed by atoms with Crippen molar-refractivity contribution in [1.29, 1.82) is 0 Å². The maximum atomic E-state index is 2.69. The van der Waals surface area contributed by atoms with Crippen molar-refractivity contribution in [3.05, 3.63) is 0 Å². The highest BCUT2D eigenvalue weighted by atomic mass is 15.1. The first kappa shape index (κ1) is 17.0. The molecule has 0 saturated carbocycles. The molecular weight excluding hydrogens is 230 g/mol. The van der Waals surface area contributed by atoms with Crippen molar-refractivity contribution in [1.82, 2.24) is 4.90 Å². The summed E-state index contributed by atoms with van der Waals surface area (Å²) in [6.07, 6.45) is 15.8. The van der Waals surface area contributed by atoms with E-state index in [0.29, 0.717) is 5.41 Å². The lowest BCUT2D eigenvalue weighted by molar-refractivity contribution is 0.0817. The van der Waals surface area contributed by atoms with E-state index in [1.54, 1.807) is 0 Å². The van der Waals surface area contributed by atoms with Crippen LogP contribution in [-0.4, -0.2) is 24.5 Å². The van der Waals surface area contributed by atoms with Crippen LogP contribution in [0.25, 0.3) is 0 Å². The zero-order valence-corrected chi connectivity index (χ0v) is 13.8. The second-order valence-corrected chi connectivity index (χ2v) is 6.76. The summed E-state index contributed by atoms with van der Waals surface area (Å²) in [4.78, 5) is 2.69. The minimum Gasteiger partial charge on any atom is -0.303 e. The highest BCUT2D eigenvalue weighted by molar-refractivity contribution is 4.86. The average Bonchev–Trinajstić information content (AvgIpc) is 2.42. The van der Waals surface area contributed by atoms with E-state index in [9.17, 15) is 0 Å². The van der Waals surface area contributed by atoms with Crippen LogP contribution < -0.4 is 0 Å². The van der Waals surface area contributed by atoms with E-state index in [2.05, 4.69) is 25.7 Å². The smallest absolute Gasteiger partial charge is 0.00134 e. The van der Waals surface area contributed by atoms with Crippen LogP contribution in [0.3, 0.4) is 0 Å². The second kappa shape index (κ2) is 9.80. The van der Waals surface area contributed by atoms with E-state index in [-0.39, 0.29) is 0 Å². The highest BCUT2D eigenvalue weighted by Crippen LogP contribution is 2.41. The molecule has 0 unspecified atom stereocenters. The Labute approximate surface area is 122 Å². The molecule has 1 rings (SSSR count). The van der Waals surface area contributed by atoms with Crippen LogP contribution in [0.4, 0.5) is 0 Å². The fourth-order valence-corrected chi connectivity index (χ4v) is 3.69. The second-order valence-electron chi connectivity index (χ2n) is 6.76. The summed E-state index contributed by atoms with van der Waals surface area (Å²) in [6, 6.07) is 0. The third-order valence-corrected chi connectivity index (χ3v) is 5.08. The topological polar surface area (TPSA) is 3.24 Å². The van der Waals surface area contributed by atoms with Gasteiger partial charge in [-0.1, -0.05) is 59.3 Å². The highest BCUT2D eigenvalue weighted by Gasteiger charge is 2.32. The molecule has 0 aromatic rings. The first-order chi connectivity index (χ1) is 9.26. The van der Waals surface area contributed by atoms with Gasteiger partial charge in [-0.3, -0.25) is 0 Å². The van der Waals surface area contributed by atoms with Gasteiger partial charge >= 0.3 is 0 Å². The van der Waals surface area contributed by atoms with Crippen LogP contribution >= 0.6 is 0 Å². The van der Waals surface area contributed by atoms with Gasteiger partial charge in [-0.25, -0.2) is 0 Å². The first-order valence-electron chi connectivity index (χ1n) is 8.98. The van der Waals surface area contributed by atoms with Gasteiger partial charge in [-0.05, 0) is 57.2 Å². The fourth-order valence-electron chi connectivity index (χ4n) is 3.69. The van der Waals surface area contributed by atoms with Gasteiger partial charge in [0.2, 0.25) is 0 Å². The number of hydrogen-bond acceptors (Lipinski definition) is 1. The van der Waals surface area contributed by atoms with Crippen LogP contribution in [0, 0.1) is 5.41 Å². The van der Waals surface area contributed by atoms with Crippen LogP contribution in [0.1, 0.15) is 91.4 Å². The zero-order chi connectivity index (χ0) is 14.0. The Morgan fingerprint density at radius 1 is 0.737 bits per heavy atom. The maximum Gasteiger partial charge on any atom is -0.00134 e. The lowest BCUT2D eigenvalue weighted by Crippen LogP contribution is -2.40. The molecule has 0 radical (unpaired) electrons. The van der Waals surface area contributed by atoms with Crippen LogP contribution in [0.5, 0.6) is 0 Å². The lowest BCUT2D eigenvalue weighted by atomic mass is 9.71. The molecule has 1 heterocycles. The molecule has 1 aliphatic rings. The molecule has 1 aliphatic heterocycles. The molecule has 0 spiro atoms. The Balaban J connectivity index is 2.41. The van der Waals surface area contributed by atoms with Gasteiger partial charge in [0.05, 0.1) is 0 Å². The summed E-state index contributed by atoms with van der Waals surface area (Å²) < 4.78 is 0. The minimum atomic E-state index is 0.717. The van der Waals surface area contributed by atoms with Gasteiger partial charge in [-0.2, -0.15) is 0 Å². The molecule has 1 saturated heterocycles. The van der Waals surface area contributed by atoms with E-state index < -0.39 is 0 Å². The minimum absolute atomic E-state index is 0.717. The SMILES string of the molecule is CCCCCC1(CCCCC)CCN(CCC)CC1. The molecule has 114 valence electrons. The molecule has 1 nitrogen and oxygen atoms in total. The summed E-state index contributed by atoms with van der Waals surface area (Å²) in [7, 11) is 0. The van der Waals surface area contributed by atoms with Gasteiger partial charge in [0.1, 0.15) is 0 Å². The summed E-state index contributed by atoms with van der Waals surface area (Å²) in [6.45, 7) is 11.0. The molecular formula is C18H37N. The molecule has 0 aliphatic carbocycles. The average molecular weight is 268 g/mol. The zero-order valence-electron chi connectivity index (χ0n) is 13.8. The molecule has 1 fully saturated rings. The number of unbranched alkanes of at least 4 members (excludes halogenated alkanes) is 4. The van der Waals surface area contributed by atoms with Crippen molar-refractivity contribution in [2.75, 3.05) is 19.6 Å². The Morgan fingerprint density at radius 3 is 1.68 bits per heavy atom. The molecule has 0 N–H and O–H groups in total. The fraction of sp³-hybridized carbons (Fsp3) is 1.00. The Morgan fingerprint density at radius 2 is 1.26 bits per heavy atom. The van der Waals surface area contributed by atoms with Crippen molar-refractivity contribution < 1.29 is 0 Å². The summed E-state index contributed by atoms with van der Waals surface area (Å²) in [5.41, 5.74) is 0.717. The number of nitrogens with zero attached hydrogens (tertiary/aromatic N) is 1. The number of piperidine rings is 1. The predicted molar refractivity (Wildman–Crippen MR) is 86.7 cm³/mol. The normalized spacial score (nSPS) is 19.7. The Bertz CT molecular complexity index is 192. The van der Waals surface area contributed by atoms with E-state index >= 15 is 0 Å². The molecule has 0 aromatic heterocycles. The number of rotatable bonds is 10. The molecule has 0 atom stereocenters. The van der Waals surface area contributed by atoms with Gasteiger partial charge in [-0.15, -0.1) is 0 Å². The number of likely N-dealkylation sites (tertiary alicyclic amines) is 1. The Hall–Kier alpha value is -0.0400. The largest absolute Gasteiger partial charge is 0.303 e. The monoisotopic (exact) mass is 267 g/mol. The van der Waals surface area contributed by atoms with Gasteiger partial charge in [0.15, 0.2) is 0 Å². The molecule has 0 aromatic carbocycles. The third kappa shape index (κ3) is 6.29. The van der Waals surface area contributed by atoms with E-state index in [1.807, 2.05) is 0 Å². The molecule has 19 heavy (non-hydrogen) atoms. The van der Waals surface area contributed by atoms with Gasteiger partial charge in [0.25, 0.3) is 0 Å². The first-order valence-corrected chi connectivity index (χ1v) is 8.98. The van der Waals surface area contributed by atoms with Crippen LogP contribution in [0.2, 0.25) is 0 Å². The van der Waals surface area contributed by atoms with Crippen LogP contribution in [0.15, 0.2) is 0 Å². The Kier molecular flexibility index (Phi) is 8.77. The summed E-state index contributed by atoms with van der Waals surface area (Å²) in [5, 5.41) is 0. The third-order valence-electron chi connectivity index (χ3n) is 5.08. The van der Waals surface area contributed by atoms with Gasteiger partial charge in [0, 0.05) is 0 Å². The van der Waals surface area contributed by atoms with E-state index in [4.69, 9.17) is 0 Å². The van der Waals surface area contributed by atoms with Gasteiger partial charge < -0.3 is 4.90 Å². The summed E-state index contributed by atoms with van der Waals surface area (Å²) in [5.74, 6) is 0. The molecule has 0 amide bonds. The van der Waals surface area contributed by atoms with Crippen LogP contribution in [-0.2, 0) is 0 Å². The van der Waals surface area contributed by atoms with Crippen molar-refractivity contribution in [2.24, 2.45) is 5.41 Å². The quantitative estimate of drug-likeness (QED) is 0.463. The van der Waals surface area contributed by atoms with E-state index in [0.717, 1.165) is 0 Å². The van der Waals surface area contributed by atoms with Crippen molar-refractivity contribution >= 4 is 0 Å². The maximum absolute atomic E-state index is 2.69. The van der Waals surface area contributed by atoms with Crippen molar-refractivity contribution in [3.63, 3.8) is 0 Å². The predicted octanol–water partition coefficient (Wildman–Crippen LogP) is 5.64. The standard InChI is InChI=1S/C18H37N/c1-4-7-9-11-18(12-10-8-5-2)13-16-19(15-6-3)17-14-18/h4-17H2,1-3H3. The number of hydrogen-bond donors (Lipinski definition) is 0. The van der Waals surface area contributed by atoms with Crippen molar-refractivity contribution in [2.45, 2.75) is 91.4 Å². The molecule has 0 bridgehead atoms.